The van der Waals surface area contributed by atoms with E-state index in [4.69, 9.17) is 14.9 Å². The molecule has 13 heteroatoms. The molecule has 0 aliphatic heterocycles. The van der Waals surface area contributed by atoms with Crippen LogP contribution in [0.5, 0.6) is 5.75 Å². The van der Waals surface area contributed by atoms with E-state index < -0.39 is 34.0 Å². The average molecular weight is 534 g/mol. The van der Waals surface area contributed by atoms with Gasteiger partial charge in [-0.1, -0.05) is 0 Å². The van der Waals surface area contributed by atoms with Crippen LogP contribution in [0.2, 0.25) is 0 Å². The highest BCUT2D eigenvalue weighted by Gasteiger charge is 2.29. The van der Waals surface area contributed by atoms with Gasteiger partial charge in [-0.2, -0.15) is 0 Å². The van der Waals surface area contributed by atoms with E-state index >= 15 is 0 Å². The normalized spacial score (nSPS) is 12.3. The number of sulfonamides is 1. The Morgan fingerprint density at radius 1 is 1.22 bits per heavy atom. The lowest BCUT2D eigenvalue weighted by Crippen LogP contribution is -2.25. The molecule has 2 heterocycles. The SMILES string of the molecule is CC(Oc1cc2c(C(=O)OC(N)=O)c(-c3ccc(F)cc3)oc2cc1N(C)S(C)(=O)=O)c1nccs1. The molecule has 0 saturated carbocycles. The molecule has 2 N–H and O–H groups in total. The molecule has 0 aliphatic rings. The molecule has 0 fully saturated rings. The number of furan rings is 1. The highest BCUT2D eigenvalue weighted by Crippen LogP contribution is 2.42. The molecule has 1 unspecified atom stereocenters. The van der Waals surface area contributed by atoms with Crippen molar-refractivity contribution in [1.29, 1.82) is 0 Å². The minimum atomic E-state index is -3.72. The predicted molar refractivity (Wildman–Crippen MR) is 131 cm³/mol. The zero-order valence-corrected chi connectivity index (χ0v) is 20.9. The maximum absolute atomic E-state index is 13.5. The standard InChI is InChI=1S/C23H20FN3O7S2/c1-12(21-26-8-9-35-21)32-18-10-15-17(11-16(18)27(2)36(3,30)31)33-20(13-4-6-14(24)7-5-13)19(15)22(28)34-23(25)29/h4-12H,1-3H3,(H2,25,29). The molecule has 4 rings (SSSR count). The summed E-state index contributed by atoms with van der Waals surface area (Å²) in [5.74, 6) is -1.56. The van der Waals surface area contributed by atoms with Gasteiger partial charge in [0.25, 0.3) is 0 Å². The lowest BCUT2D eigenvalue weighted by atomic mass is 10.0. The Morgan fingerprint density at radius 3 is 2.50 bits per heavy atom. The first-order valence-corrected chi connectivity index (χ1v) is 13.1. The van der Waals surface area contributed by atoms with Crippen LogP contribution in [0.15, 0.2) is 52.4 Å². The third-order valence-corrected chi connectivity index (χ3v) is 7.34. The van der Waals surface area contributed by atoms with Crippen molar-refractivity contribution in [1.82, 2.24) is 4.98 Å². The Labute approximate surface area is 209 Å². The van der Waals surface area contributed by atoms with Crippen LogP contribution >= 0.6 is 11.3 Å². The van der Waals surface area contributed by atoms with Crippen LogP contribution in [-0.4, -0.2) is 38.8 Å². The molecular weight excluding hydrogens is 513 g/mol. The maximum Gasteiger partial charge on any atom is 0.412 e. The summed E-state index contributed by atoms with van der Waals surface area (Å²) in [5, 5.41) is 2.56. The number of aromatic nitrogens is 1. The Kier molecular flexibility index (Phi) is 6.69. The van der Waals surface area contributed by atoms with Gasteiger partial charge in [-0.3, -0.25) is 4.31 Å². The van der Waals surface area contributed by atoms with Gasteiger partial charge in [0.2, 0.25) is 10.0 Å². The van der Waals surface area contributed by atoms with Crippen LogP contribution in [0, 0.1) is 5.82 Å². The zero-order valence-electron chi connectivity index (χ0n) is 19.2. The van der Waals surface area contributed by atoms with Crippen LogP contribution in [0.4, 0.5) is 14.9 Å². The number of benzene rings is 2. The number of fused-ring (bicyclic) bond motifs is 1. The van der Waals surface area contributed by atoms with Gasteiger partial charge in [0, 0.05) is 35.6 Å². The fourth-order valence-electron chi connectivity index (χ4n) is 3.46. The maximum atomic E-state index is 13.5. The highest BCUT2D eigenvalue weighted by molar-refractivity contribution is 7.92. The van der Waals surface area contributed by atoms with Gasteiger partial charge in [0.1, 0.15) is 39.6 Å². The van der Waals surface area contributed by atoms with E-state index in [9.17, 15) is 22.4 Å². The number of hydrogen-bond donors (Lipinski definition) is 1. The first-order valence-electron chi connectivity index (χ1n) is 10.3. The fourth-order valence-corrected chi connectivity index (χ4v) is 4.58. The van der Waals surface area contributed by atoms with Crippen molar-refractivity contribution in [3.05, 3.63) is 64.4 Å². The molecule has 188 valence electrons. The van der Waals surface area contributed by atoms with Crippen molar-refractivity contribution in [2.24, 2.45) is 5.73 Å². The Hall–Kier alpha value is -3.97. The monoisotopic (exact) mass is 533 g/mol. The van der Waals surface area contributed by atoms with Gasteiger partial charge >= 0.3 is 12.1 Å². The van der Waals surface area contributed by atoms with E-state index in [2.05, 4.69) is 9.72 Å². The van der Waals surface area contributed by atoms with Gasteiger partial charge in [-0.25, -0.2) is 27.4 Å². The molecule has 2 aromatic carbocycles. The number of carbonyl (C=O) groups excluding carboxylic acids is 2. The molecule has 10 nitrogen and oxygen atoms in total. The molecule has 1 atom stereocenters. The first-order chi connectivity index (χ1) is 17.0. The molecule has 0 radical (unpaired) electrons. The molecule has 0 bridgehead atoms. The van der Waals surface area contributed by atoms with Gasteiger partial charge in [0.15, 0.2) is 0 Å². The molecule has 4 aromatic rings. The van der Waals surface area contributed by atoms with Crippen molar-refractivity contribution >= 4 is 50.1 Å². The second kappa shape index (κ2) is 9.59. The summed E-state index contributed by atoms with van der Waals surface area (Å²) in [6.07, 6.45) is 0.725. The van der Waals surface area contributed by atoms with Crippen LogP contribution in [0.1, 0.15) is 28.4 Å². The number of hydrogen-bond acceptors (Lipinski definition) is 9. The molecule has 0 spiro atoms. The number of ether oxygens (including phenoxy) is 2. The van der Waals surface area contributed by atoms with Crippen molar-refractivity contribution in [2.45, 2.75) is 13.0 Å². The largest absolute Gasteiger partial charge is 0.481 e. The summed E-state index contributed by atoms with van der Waals surface area (Å²) in [6, 6.07) is 7.87. The van der Waals surface area contributed by atoms with Crippen LogP contribution in [-0.2, 0) is 14.8 Å². The quantitative estimate of drug-likeness (QED) is 0.271. The summed E-state index contributed by atoms with van der Waals surface area (Å²) in [7, 11) is -2.39. The number of halogens is 1. The van der Waals surface area contributed by atoms with E-state index in [0.717, 1.165) is 10.6 Å². The number of nitrogens with zero attached hydrogens (tertiary/aromatic N) is 2. The van der Waals surface area contributed by atoms with Gasteiger partial charge < -0.3 is 19.6 Å². The molecule has 0 aliphatic carbocycles. The summed E-state index contributed by atoms with van der Waals surface area (Å²) in [5.41, 5.74) is 5.40. The third-order valence-electron chi connectivity index (χ3n) is 5.21. The van der Waals surface area contributed by atoms with Gasteiger partial charge in [0.05, 0.1) is 11.9 Å². The summed E-state index contributed by atoms with van der Waals surface area (Å²) < 4.78 is 55.8. The van der Waals surface area contributed by atoms with Crippen molar-refractivity contribution < 1.29 is 36.3 Å². The van der Waals surface area contributed by atoms with E-state index in [1.165, 1.54) is 54.8 Å². The fraction of sp³-hybridized carbons (Fsp3) is 0.174. The number of anilines is 1. The van der Waals surface area contributed by atoms with Crippen molar-refractivity contribution in [2.75, 3.05) is 17.6 Å². The smallest absolute Gasteiger partial charge is 0.412 e. The van der Waals surface area contributed by atoms with Crippen molar-refractivity contribution in [3.8, 4) is 17.1 Å². The predicted octanol–water partition coefficient (Wildman–Crippen LogP) is 4.47. The number of esters is 1. The number of carbonyl (C=O) groups is 2. The van der Waals surface area contributed by atoms with Crippen LogP contribution in [0.3, 0.4) is 0 Å². The Balaban J connectivity index is 1.97. The van der Waals surface area contributed by atoms with Gasteiger partial charge in [-0.15, -0.1) is 11.3 Å². The lowest BCUT2D eigenvalue weighted by molar-refractivity contribution is 0.0640. The van der Waals surface area contributed by atoms with Crippen LogP contribution in [0.25, 0.3) is 22.3 Å². The van der Waals surface area contributed by atoms with E-state index in [1.807, 2.05) is 0 Å². The van der Waals surface area contributed by atoms with E-state index in [1.54, 1.807) is 18.5 Å². The van der Waals surface area contributed by atoms with Crippen molar-refractivity contribution in [3.63, 3.8) is 0 Å². The lowest BCUT2D eigenvalue weighted by Gasteiger charge is -2.22. The highest BCUT2D eigenvalue weighted by atomic mass is 32.2. The topological polar surface area (TPSA) is 142 Å². The van der Waals surface area contributed by atoms with Gasteiger partial charge in [-0.05, 0) is 37.3 Å². The molecule has 2 aromatic heterocycles. The second-order valence-electron chi connectivity index (χ2n) is 7.70. The average Bonchev–Trinajstić information content (AvgIpc) is 3.45. The Bertz CT molecular complexity index is 1550. The van der Waals surface area contributed by atoms with Crippen LogP contribution < -0.4 is 14.8 Å². The first kappa shape index (κ1) is 25.1. The van der Waals surface area contributed by atoms with E-state index in [-0.39, 0.29) is 33.7 Å². The number of thiazole rings is 1. The minimum absolute atomic E-state index is 0.0330. The molecule has 0 saturated heterocycles. The second-order valence-corrected chi connectivity index (χ2v) is 10.6. The summed E-state index contributed by atoms with van der Waals surface area (Å²) in [4.78, 5) is 28.4. The summed E-state index contributed by atoms with van der Waals surface area (Å²) >= 11 is 1.35. The number of nitrogens with two attached hydrogens (primary N) is 1. The number of primary amides is 1. The molecular formula is C23H20FN3O7S2. The molecule has 36 heavy (non-hydrogen) atoms. The zero-order chi connectivity index (χ0) is 26.2. The summed E-state index contributed by atoms with van der Waals surface area (Å²) in [6.45, 7) is 1.73. The Morgan fingerprint density at radius 2 is 1.92 bits per heavy atom. The minimum Gasteiger partial charge on any atom is -0.481 e. The third kappa shape index (κ3) is 5.02. The van der Waals surface area contributed by atoms with E-state index in [0.29, 0.717) is 10.6 Å². The number of rotatable bonds is 7. The number of amides is 1. The molecule has 1 amide bonds.